The first-order valence-electron chi connectivity index (χ1n) is 7.28. The van der Waals surface area contributed by atoms with E-state index in [1.165, 1.54) is 5.56 Å². The fourth-order valence-electron chi connectivity index (χ4n) is 2.37. The molecule has 2 N–H and O–H groups in total. The van der Waals surface area contributed by atoms with Gasteiger partial charge in [-0.25, -0.2) is 4.79 Å². The van der Waals surface area contributed by atoms with Crippen molar-refractivity contribution in [3.63, 3.8) is 0 Å². The minimum atomic E-state index is -0.456. The van der Waals surface area contributed by atoms with Gasteiger partial charge in [-0.1, -0.05) is 6.07 Å². The normalized spacial score (nSPS) is 16.9. The summed E-state index contributed by atoms with van der Waals surface area (Å²) in [5.41, 5.74) is 1.96. The lowest BCUT2D eigenvalue weighted by atomic mass is 10.1. The Morgan fingerprint density at radius 2 is 2.19 bits per heavy atom. The van der Waals surface area contributed by atoms with Gasteiger partial charge in [0, 0.05) is 24.3 Å². The van der Waals surface area contributed by atoms with E-state index in [4.69, 9.17) is 9.47 Å². The third-order valence-corrected chi connectivity index (χ3v) is 3.30. The van der Waals surface area contributed by atoms with Crippen molar-refractivity contribution in [2.24, 2.45) is 0 Å². The van der Waals surface area contributed by atoms with Crippen LogP contribution in [-0.2, 0) is 11.2 Å². The molecule has 5 heteroatoms. The van der Waals surface area contributed by atoms with Crippen molar-refractivity contribution >= 4 is 11.8 Å². The number of carbonyl (C=O) groups is 1. The number of amides is 1. The summed E-state index contributed by atoms with van der Waals surface area (Å²) in [7, 11) is 1.67. The molecule has 1 aliphatic rings. The fourth-order valence-corrected chi connectivity index (χ4v) is 2.37. The molecule has 5 nitrogen and oxygen atoms in total. The highest BCUT2D eigenvalue weighted by Crippen LogP contribution is 2.30. The second kappa shape index (κ2) is 6.24. The van der Waals surface area contributed by atoms with Crippen LogP contribution in [0.5, 0.6) is 5.75 Å². The largest absolute Gasteiger partial charge is 0.497 e. The van der Waals surface area contributed by atoms with Gasteiger partial charge in [0.1, 0.15) is 11.4 Å². The number of fused-ring (bicyclic) bond motifs is 1. The van der Waals surface area contributed by atoms with Crippen molar-refractivity contribution in [1.82, 2.24) is 5.32 Å². The van der Waals surface area contributed by atoms with Gasteiger partial charge in [0.15, 0.2) is 0 Å². The van der Waals surface area contributed by atoms with E-state index in [0.717, 1.165) is 24.3 Å². The van der Waals surface area contributed by atoms with Crippen LogP contribution in [0.2, 0.25) is 0 Å². The van der Waals surface area contributed by atoms with Crippen LogP contribution in [0.15, 0.2) is 18.2 Å². The van der Waals surface area contributed by atoms with Gasteiger partial charge in [0.2, 0.25) is 0 Å². The zero-order valence-electron chi connectivity index (χ0n) is 13.2. The summed E-state index contributed by atoms with van der Waals surface area (Å²) < 4.78 is 10.4. The fraction of sp³-hybridized carbons (Fsp3) is 0.562. The Bertz CT molecular complexity index is 509. The zero-order valence-corrected chi connectivity index (χ0v) is 13.2. The number of ether oxygens (including phenoxy) is 2. The third kappa shape index (κ3) is 4.55. The van der Waals surface area contributed by atoms with Crippen molar-refractivity contribution < 1.29 is 14.3 Å². The number of methoxy groups -OCH3 is 1. The minimum absolute atomic E-state index is 0.335. The summed E-state index contributed by atoms with van der Waals surface area (Å²) >= 11 is 0. The summed E-state index contributed by atoms with van der Waals surface area (Å²) in [4.78, 5) is 11.6. The van der Waals surface area contributed by atoms with Gasteiger partial charge in [0.25, 0.3) is 0 Å². The highest BCUT2D eigenvalue weighted by Gasteiger charge is 2.21. The molecule has 1 heterocycles. The number of nitrogens with one attached hydrogen (secondary N) is 2. The van der Waals surface area contributed by atoms with Gasteiger partial charge in [-0.2, -0.15) is 0 Å². The Labute approximate surface area is 126 Å². The first-order chi connectivity index (χ1) is 9.87. The van der Waals surface area contributed by atoms with Crippen LogP contribution in [0.25, 0.3) is 0 Å². The molecule has 0 saturated heterocycles. The second-order valence-corrected chi connectivity index (χ2v) is 6.29. The van der Waals surface area contributed by atoms with Crippen molar-refractivity contribution in [2.75, 3.05) is 19.0 Å². The number of anilines is 1. The lowest BCUT2D eigenvalue weighted by molar-refractivity contribution is 0.0527. The van der Waals surface area contributed by atoms with Crippen molar-refractivity contribution in [3.05, 3.63) is 23.8 Å². The molecule has 2 rings (SSSR count). The molecule has 0 spiro atoms. The summed E-state index contributed by atoms with van der Waals surface area (Å²) in [5, 5.41) is 6.25. The summed E-state index contributed by atoms with van der Waals surface area (Å²) in [5.74, 6) is 0.855. The van der Waals surface area contributed by atoms with Gasteiger partial charge < -0.3 is 20.1 Å². The lowest BCUT2D eigenvalue weighted by Gasteiger charge is -2.20. The minimum Gasteiger partial charge on any atom is -0.497 e. The SMILES string of the molecule is COc1ccc2c(c1)NC(CCNC(=O)OC(C)(C)C)C2. The molecule has 1 amide bonds. The number of benzene rings is 1. The number of alkyl carbamates (subject to hydrolysis) is 1. The molecule has 0 fully saturated rings. The number of carbonyl (C=O) groups excluding carboxylic acids is 1. The molecule has 0 aliphatic carbocycles. The number of hydrogen-bond donors (Lipinski definition) is 2. The summed E-state index contributed by atoms with van der Waals surface area (Å²) in [6.07, 6.45) is 1.46. The Kier molecular flexibility index (Phi) is 4.60. The van der Waals surface area contributed by atoms with Gasteiger partial charge in [-0.05, 0) is 45.2 Å². The van der Waals surface area contributed by atoms with E-state index in [0.29, 0.717) is 12.6 Å². The van der Waals surface area contributed by atoms with Gasteiger partial charge in [0.05, 0.1) is 7.11 Å². The molecule has 1 aliphatic heterocycles. The first-order valence-corrected chi connectivity index (χ1v) is 7.28. The monoisotopic (exact) mass is 292 g/mol. The Morgan fingerprint density at radius 1 is 1.43 bits per heavy atom. The molecule has 116 valence electrons. The maximum Gasteiger partial charge on any atom is 0.407 e. The van der Waals surface area contributed by atoms with E-state index in [-0.39, 0.29) is 6.09 Å². The van der Waals surface area contributed by atoms with Crippen LogP contribution in [0, 0.1) is 0 Å². The zero-order chi connectivity index (χ0) is 15.5. The topological polar surface area (TPSA) is 59.6 Å². The predicted molar refractivity (Wildman–Crippen MR) is 83.0 cm³/mol. The molecule has 0 aromatic heterocycles. The lowest BCUT2D eigenvalue weighted by Crippen LogP contribution is -2.34. The van der Waals surface area contributed by atoms with E-state index < -0.39 is 5.60 Å². The van der Waals surface area contributed by atoms with Gasteiger partial charge in [-0.3, -0.25) is 0 Å². The highest BCUT2D eigenvalue weighted by atomic mass is 16.6. The van der Waals surface area contributed by atoms with E-state index >= 15 is 0 Å². The standard InChI is InChI=1S/C16H24N2O3/c1-16(2,3)21-15(19)17-8-7-12-9-11-5-6-13(20-4)10-14(11)18-12/h5-6,10,12,18H,7-9H2,1-4H3,(H,17,19). The van der Waals surface area contributed by atoms with Crippen LogP contribution in [-0.4, -0.2) is 31.4 Å². The van der Waals surface area contributed by atoms with Gasteiger partial charge >= 0.3 is 6.09 Å². The molecule has 1 aromatic rings. The van der Waals surface area contributed by atoms with Crippen LogP contribution in [0.1, 0.15) is 32.8 Å². The molecular formula is C16H24N2O3. The highest BCUT2D eigenvalue weighted by molar-refractivity contribution is 5.67. The third-order valence-electron chi connectivity index (χ3n) is 3.30. The Hall–Kier alpha value is -1.91. The molecule has 1 unspecified atom stereocenters. The van der Waals surface area contributed by atoms with E-state index in [1.807, 2.05) is 32.9 Å². The van der Waals surface area contributed by atoms with Crippen LogP contribution >= 0.6 is 0 Å². The summed E-state index contributed by atoms with van der Waals surface area (Å²) in [6, 6.07) is 6.41. The molecule has 0 radical (unpaired) electrons. The molecule has 1 atom stereocenters. The first kappa shape index (κ1) is 15.5. The average molecular weight is 292 g/mol. The molecule has 21 heavy (non-hydrogen) atoms. The maximum absolute atomic E-state index is 11.6. The van der Waals surface area contributed by atoms with Crippen LogP contribution < -0.4 is 15.4 Å². The van der Waals surface area contributed by atoms with Crippen LogP contribution in [0.4, 0.5) is 10.5 Å². The Morgan fingerprint density at radius 3 is 2.86 bits per heavy atom. The average Bonchev–Trinajstić information content (AvgIpc) is 2.77. The van der Waals surface area contributed by atoms with E-state index in [9.17, 15) is 4.79 Å². The molecule has 0 bridgehead atoms. The van der Waals surface area contributed by atoms with Gasteiger partial charge in [-0.15, -0.1) is 0 Å². The van der Waals surface area contributed by atoms with E-state index in [1.54, 1.807) is 7.11 Å². The summed E-state index contributed by atoms with van der Waals surface area (Å²) in [6.45, 7) is 6.16. The van der Waals surface area contributed by atoms with E-state index in [2.05, 4.69) is 16.7 Å². The molecular weight excluding hydrogens is 268 g/mol. The van der Waals surface area contributed by atoms with Crippen molar-refractivity contribution in [3.8, 4) is 5.75 Å². The number of rotatable bonds is 4. The number of hydrogen-bond acceptors (Lipinski definition) is 4. The smallest absolute Gasteiger partial charge is 0.407 e. The second-order valence-electron chi connectivity index (χ2n) is 6.29. The molecule has 1 aromatic carbocycles. The quantitative estimate of drug-likeness (QED) is 0.895. The van der Waals surface area contributed by atoms with Crippen LogP contribution in [0.3, 0.4) is 0 Å². The molecule has 0 saturated carbocycles. The predicted octanol–water partition coefficient (Wildman–Crippen LogP) is 2.95. The van der Waals surface area contributed by atoms with Crippen molar-refractivity contribution in [1.29, 1.82) is 0 Å². The Balaban J connectivity index is 1.76. The maximum atomic E-state index is 11.6. The van der Waals surface area contributed by atoms with Crippen molar-refractivity contribution in [2.45, 2.75) is 45.3 Å².